The molecular weight excluding hydrogens is 751 g/mol. The van der Waals surface area contributed by atoms with Gasteiger partial charge in [-0.15, -0.1) is 5.10 Å². The number of esters is 1. The van der Waals surface area contributed by atoms with Crippen LogP contribution in [-0.4, -0.2) is 135 Å². The van der Waals surface area contributed by atoms with Gasteiger partial charge in [-0.1, -0.05) is 56.9 Å². The first-order chi connectivity index (χ1) is 27.1. The van der Waals surface area contributed by atoms with Crippen molar-refractivity contribution in [3.63, 3.8) is 0 Å². The molecule has 0 bridgehead atoms. The molecule has 16 heteroatoms. The molecule has 58 heavy (non-hydrogen) atoms. The predicted molar refractivity (Wildman–Crippen MR) is 215 cm³/mol. The van der Waals surface area contributed by atoms with Crippen LogP contribution < -0.4 is 11.1 Å². The Hall–Kier alpha value is -3.82. The van der Waals surface area contributed by atoms with E-state index in [1.165, 1.54) is 21.0 Å². The van der Waals surface area contributed by atoms with Crippen LogP contribution in [0.2, 0.25) is 0 Å². The first-order valence-electron chi connectivity index (χ1n) is 19.9. The molecule has 0 spiro atoms. The lowest BCUT2D eigenvalue weighted by Crippen LogP contribution is -2.63. The van der Waals surface area contributed by atoms with Gasteiger partial charge in [0.25, 0.3) is 5.67 Å². The summed E-state index contributed by atoms with van der Waals surface area (Å²) in [6, 6.07) is 5.84. The molecule has 0 aliphatic carbocycles. The summed E-state index contributed by atoms with van der Waals surface area (Å²) in [6.07, 6.45) is -3.16. The molecule has 4 rings (SSSR count). The summed E-state index contributed by atoms with van der Waals surface area (Å²) in [7, 11) is 5.02. The number of carbonyl (C=O) groups excluding carboxylic acids is 3. The van der Waals surface area contributed by atoms with E-state index >= 15 is 4.39 Å². The Kier molecular flexibility index (Phi) is 15.4. The Morgan fingerprint density at radius 1 is 1.12 bits per heavy atom. The number of aliphatic hydroxyl groups is 2. The minimum absolute atomic E-state index is 0.00653. The Morgan fingerprint density at radius 2 is 1.81 bits per heavy atom. The van der Waals surface area contributed by atoms with E-state index in [9.17, 15) is 24.6 Å². The highest BCUT2D eigenvalue weighted by Crippen LogP contribution is 2.39. The van der Waals surface area contributed by atoms with Crippen molar-refractivity contribution in [1.29, 1.82) is 0 Å². The summed E-state index contributed by atoms with van der Waals surface area (Å²) in [5.74, 6) is 0.0518. The SMILES string of the molecule is CC[C@H]1OC(=O)[C@@](C)(F)C(=O)[C@H](C)[C@@H](O[C@@H]2O[C@H](C)CC(N(C)C)C2O)[C@](C)(OC)C[C@@H](C)C(=O)[C@H](C)[C@@H](NCC#CCn2cc(-c3cccc(N)c3)nn2)[C@]1(C)O. The van der Waals surface area contributed by atoms with Crippen molar-refractivity contribution in [3.05, 3.63) is 30.5 Å². The third-order valence-corrected chi connectivity index (χ3v) is 11.9. The highest BCUT2D eigenvalue weighted by molar-refractivity contribution is 6.07. The molecule has 2 saturated heterocycles. The summed E-state index contributed by atoms with van der Waals surface area (Å²) < 4.78 is 42.5. The quantitative estimate of drug-likeness (QED) is 0.125. The Labute approximate surface area is 341 Å². The number of nitrogens with two attached hydrogens (primary N) is 1. The molecule has 2 aliphatic rings. The summed E-state index contributed by atoms with van der Waals surface area (Å²) in [5.41, 5.74) is 1.34. The number of nitrogens with one attached hydrogen (secondary N) is 1. The van der Waals surface area contributed by atoms with Gasteiger partial charge in [-0.3, -0.25) is 14.9 Å². The molecular formula is C42H63FN6O9. The lowest BCUT2D eigenvalue weighted by molar-refractivity contribution is -0.295. The first kappa shape index (κ1) is 46.9. The van der Waals surface area contributed by atoms with Gasteiger partial charge in [0.1, 0.15) is 35.8 Å². The average molecular weight is 815 g/mol. The molecule has 0 amide bonds. The Balaban J connectivity index is 1.66. The number of hydrogen-bond acceptors (Lipinski definition) is 14. The van der Waals surface area contributed by atoms with Gasteiger partial charge in [-0.25, -0.2) is 13.9 Å². The summed E-state index contributed by atoms with van der Waals surface area (Å²) >= 11 is 0. The zero-order chi connectivity index (χ0) is 43.3. The van der Waals surface area contributed by atoms with Crippen LogP contribution in [0.25, 0.3) is 11.3 Å². The molecule has 2 aliphatic heterocycles. The highest BCUT2D eigenvalue weighted by atomic mass is 19.1. The number of nitrogen functional groups attached to an aromatic ring is 1. The molecule has 2 fully saturated rings. The van der Waals surface area contributed by atoms with Crippen molar-refractivity contribution in [2.24, 2.45) is 17.8 Å². The minimum Gasteiger partial charge on any atom is -0.457 e. The number of Topliss-reactive ketones (excluding diaryl/α,β-unsaturated/α-hetero) is 2. The van der Waals surface area contributed by atoms with Gasteiger partial charge in [0.05, 0.1) is 30.6 Å². The van der Waals surface area contributed by atoms with E-state index in [-0.39, 0.29) is 43.9 Å². The molecule has 15 nitrogen and oxygen atoms in total. The second-order valence-corrected chi connectivity index (χ2v) is 16.8. The maximum absolute atomic E-state index is 16.7. The highest BCUT2D eigenvalue weighted by Gasteiger charge is 2.56. The van der Waals surface area contributed by atoms with Gasteiger partial charge < -0.3 is 39.8 Å². The van der Waals surface area contributed by atoms with E-state index in [2.05, 4.69) is 27.5 Å². The molecule has 13 atom stereocenters. The van der Waals surface area contributed by atoms with Crippen molar-refractivity contribution >= 4 is 23.2 Å². The number of benzene rings is 1. The Morgan fingerprint density at radius 3 is 2.43 bits per heavy atom. The number of hydrogen-bond donors (Lipinski definition) is 4. The van der Waals surface area contributed by atoms with Gasteiger partial charge in [-0.2, -0.15) is 0 Å². The van der Waals surface area contributed by atoms with Gasteiger partial charge >= 0.3 is 5.97 Å². The lowest BCUT2D eigenvalue weighted by atomic mass is 9.73. The van der Waals surface area contributed by atoms with Crippen molar-refractivity contribution in [1.82, 2.24) is 25.2 Å². The number of methoxy groups -OCH3 is 1. The van der Waals surface area contributed by atoms with Crippen molar-refractivity contribution < 1.29 is 47.9 Å². The number of rotatable bonds is 9. The zero-order valence-corrected chi connectivity index (χ0v) is 35.7. The largest absolute Gasteiger partial charge is 0.457 e. The molecule has 1 aromatic carbocycles. The number of carbonyl (C=O) groups is 3. The molecule has 0 saturated carbocycles. The summed E-state index contributed by atoms with van der Waals surface area (Å²) in [5, 5.41) is 35.1. The van der Waals surface area contributed by atoms with Crippen LogP contribution in [0.5, 0.6) is 0 Å². The molecule has 1 aromatic heterocycles. The topological polar surface area (TPSA) is 201 Å². The number of likely N-dealkylation sites (N-methyl/N-ethyl adjacent to an activating group) is 1. The number of alkyl halides is 1. The molecule has 2 unspecified atom stereocenters. The van der Waals surface area contributed by atoms with Crippen LogP contribution in [0.4, 0.5) is 10.1 Å². The zero-order valence-electron chi connectivity index (χ0n) is 35.7. The maximum atomic E-state index is 16.7. The number of nitrogens with zero attached hydrogens (tertiary/aromatic N) is 4. The molecule has 3 heterocycles. The third kappa shape index (κ3) is 10.3. The second-order valence-electron chi connectivity index (χ2n) is 16.8. The van der Waals surface area contributed by atoms with Crippen molar-refractivity contribution in [2.75, 3.05) is 33.5 Å². The van der Waals surface area contributed by atoms with Gasteiger partial charge in [-0.05, 0) is 73.2 Å². The fraction of sp³-hybridized carbons (Fsp3) is 0.690. The molecule has 322 valence electrons. The molecule has 5 N–H and O–H groups in total. The van der Waals surface area contributed by atoms with E-state index < -0.39 is 77.0 Å². The second kappa shape index (κ2) is 19.1. The Bertz CT molecular complexity index is 1810. The van der Waals surface area contributed by atoms with E-state index in [1.54, 1.807) is 50.7 Å². The standard InChI is InChI=1S/C42H63FN6O9/c1-12-32-42(8,54)35(45-18-13-14-19-49-23-30(46-47-49)28-16-15-17-29(44)21-28)26(4)33(50)24(2)22-40(6,55-11)37(27(5)36(52)41(7,43)39(53)57-32)58-38-34(51)31(48(9)10)20-25(3)56-38/h15-17,21,23-27,31-32,34-35,37-38,45,51,54H,12,18-20,22,44H2,1-11H3/t24-,25-,26+,27+,31?,32-,34?,35-,37-,38+,40-,41+,42-/m1/s1. The fourth-order valence-corrected chi connectivity index (χ4v) is 8.40. The number of halogens is 1. The predicted octanol–water partition coefficient (Wildman–Crippen LogP) is 2.96. The van der Waals surface area contributed by atoms with Crippen LogP contribution in [0.15, 0.2) is 30.5 Å². The van der Waals surface area contributed by atoms with E-state index in [1.807, 2.05) is 38.1 Å². The van der Waals surface area contributed by atoms with Gasteiger partial charge in [0, 0.05) is 48.2 Å². The summed E-state index contributed by atoms with van der Waals surface area (Å²) in [4.78, 5) is 44.1. The minimum atomic E-state index is -3.19. The number of aliphatic hydroxyl groups excluding tert-OH is 1. The van der Waals surface area contributed by atoms with Crippen LogP contribution in [0.3, 0.4) is 0 Å². The number of ketones is 2. The first-order valence-corrected chi connectivity index (χ1v) is 19.9. The molecule has 2 aromatic rings. The normalized spacial score (nSPS) is 36.8. The number of cyclic esters (lactones) is 1. The monoisotopic (exact) mass is 814 g/mol. The van der Waals surface area contributed by atoms with E-state index in [0.29, 0.717) is 17.8 Å². The van der Waals surface area contributed by atoms with Gasteiger partial charge in [0.2, 0.25) is 0 Å². The van der Waals surface area contributed by atoms with E-state index in [4.69, 9.17) is 24.7 Å². The van der Waals surface area contributed by atoms with E-state index in [0.717, 1.165) is 12.5 Å². The number of ether oxygens (including phenoxy) is 4. The van der Waals surface area contributed by atoms with Crippen LogP contribution in [-0.2, 0) is 39.9 Å². The maximum Gasteiger partial charge on any atom is 0.351 e. The average Bonchev–Trinajstić information content (AvgIpc) is 3.65. The lowest BCUT2D eigenvalue weighted by Gasteiger charge is -2.47. The number of anilines is 1. The van der Waals surface area contributed by atoms with Crippen LogP contribution in [0.1, 0.15) is 74.7 Å². The van der Waals surface area contributed by atoms with Crippen LogP contribution in [0, 0.1) is 29.6 Å². The summed E-state index contributed by atoms with van der Waals surface area (Å²) in [6.45, 7) is 12.3. The van der Waals surface area contributed by atoms with Gasteiger partial charge in [0.15, 0.2) is 12.1 Å². The number of aromatic nitrogens is 3. The molecule has 0 radical (unpaired) electrons. The van der Waals surface area contributed by atoms with Crippen LogP contribution >= 0.6 is 0 Å². The third-order valence-electron chi connectivity index (χ3n) is 11.9. The fourth-order valence-electron chi connectivity index (χ4n) is 8.40. The van der Waals surface area contributed by atoms with Crippen molar-refractivity contribution in [2.45, 2.75) is 141 Å². The van der Waals surface area contributed by atoms with Crippen molar-refractivity contribution in [3.8, 4) is 23.1 Å². The smallest absolute Gasteiger partial charge is 0.351 e.